The average molecular weight is 326 g/mol. The second-order valence-electron chi connectivity index (χ2n) is 5.41. The summed E-state index contributed by atoms with van der Waals surface area (Å²) < 4.78 is 5.76. The maximum absolute atomic E-state index is 12.3. The Morgan fingerprint density at radius 3 is 2.83 bits per heavy atom. The number of rotatable bonds is 5. The third-order valence-corrected chi connectivity index (χ3v) is 4.20. The zero-order valence-electron chi connectivity index (χ0n) is 13.1. The lowest BCUT2D eigenvalue weighted by atomic mass is 10.2. The van der Waals surface area contributed by atoms with E-state index in [-0.39, 0.29) is 5.91 Å². The van der Waals surface area contributed by atoms with Gasteiger partial charge in [0.15, 0.2) is 0 Å². The number of carbonyl (C=O) groups excluding carboxylic acids is 1. The van der Waals surface area contributed by atoms with E-state index in [1.807, 2.05) is 66.2 Å². The van der Waals surface area contributed by atoms with Crippen molar-refractivity contribution in [3.8, 4) is 11.3 Å². The molecule has 118 valence electrons. The molecule has 0 radical (unpaired) electrons. The van der Waals surface area contributed by atoms with Crippen LogP contribution in [0, 0.1) is 0 Å². The van der Waals surface area contributed by atoms with Crippen molar-refractivity contribution in [2.75, 3.05) is 19.0 Å². The van der Waals surface area contributed by atoms with Gasteiger partial charge in [0.05, 0.1) is 6.54 Å². The molecule has 2 heterocycles. The maximum Gasteiger partial charge on any atom is 0.251 e. The molecule has 4 nitrogen and oxygen atoms in total. The molecule has 0 unspecified atom stereocenters. The Hall–Kier alpha value is -2.53. The SMILES string of the molecule is CN(C)c1cccc(C(=O)NCc2ccc(-c3ccsc3)o2)c1. The van der Waals surface area contributed by atoms with E-state index >= 15 is 0 Å². The molecule has 0 bridgehead atoms. The molecular weight excluding hydrogens is 308 g/mol. The first kappa shape index (κ1) is 15.4. The monoisotopic (exact) mass is 326 g/mol. The van der Waals surface area contributed by atoms with Gasteiger partial charge in [0, 0.05) is 36.3 Å². The number of hydrogen-bond acceptors (Lipinski definition) is 4. The lowest BCUT2D eigenvalue weighted by molar-refractivity contribution is 0.0948. The quantitative estimate of drug-likeness (QED) is 0.771. The number of nitrogens with one attached hydrogen (secondary N) is 1. The fourth-order valence-electron chi connectivity index (χ4n) is 2.23. The summed E-state index contributed by atoms with van der Waals surface area (Å²) in [6.45, 7) is 0.370. The molecule has 0 aliphatic rings. The summed E-state index contributed by atoms with van der Waals surface area (Å²) in [5.74, 6) is 1.45. The molecule has 0 saturated heterocycles. The van der Waals surface area contributed by atoms with E-state index in [2.05, 4.69) is 5.32 Å². The minimum atomic E-state index is -0.109. The third kappa shape index (κ3) is 3.63. The van der Waals surface area contributed by atoms with Gasteiger partial charge in [-0.25, -0.2) is 0 Å². The van der Waals surface area contributed by atoms with Crippen LogP contribution in [-0.4, -0.2) is 20.0 Å². The van der Waals surface area contributed by atoms with Crippen molar-refractivity contribution in [1.29, 1.82) is 0 Å². The normalized spacial score (nSPS) is 10.5. The van der Waals surface area contributed by atoms with Crippen molar-refractivity contribution in [1.82, 2.24) is 5.32 Å². The second kappa shape index (κ2) is 6.71. The maximum atomic E-state index is 12.3. The van der Waals surface area contributed by atoms with Crippen molar-refractivity contribution in [3.63, 3.8) is 0 Å². The van der Waals surface area contributed by atoms with Gasteiger partial charge in [-0.3, -0.25) is 4.79 Å². The van der Waals surface area contributed by atoms with Crippen LogP contribution in [0.15, 0.2) is 57.6 Å². The Morgan fingerprint density at radius 2 is 2.09 bits per heavy atom. The van der Waals surface area contributed by atoms with E-state index in [0.29, 0.717) is 12.1 Å². The molecule has 2 aromatic heterocycles. The minimum absolute atomic E-state index is 0.109. The van der Waals surface area contributed by atoms with E-state index in [4.69, 9.17) is 4.42 Å². The van der Waals surface area contributed by atoms with Gasteiger partial charge in [-0.2, -0.15) is 11.3 Å². The first-order valence-electron chi connectivity index (χ1n) is 7.30. The van der Waals surface area contributed by atoms with Crippen molar-refractivity contribution < 1.29 is 9.21 Å². The highest BCUT2D eigenvalue weighted by Gasteiger charge is 2.09. The van der Waals surface area contributed by atoms with E-state index in [1.54, 1.807) is 17.4 Å². The number of nitrogens with zero attached hydrogens (tertiary/aromatic N) is 1. The van der Waals surface area contributed by atoms with Crippen LogP contribution >= 0.6 is 11.3 Å². The molecule has 5 heteroatoms. The van der Waals surface area contributed by atoms with Crippen molar-refractivity contribution in [2.24, 2.45) is 0 Å². The van der Waals surface area contributed by atoms with Crippen LogP contribution in [-0.2, 0) is 6.54 Å². The van der Waals surface area contributed by atoms with E-state index in [1.165, 1.54) is 0 Å². The molecule has 1 amide bonds. The number of benzene rings is 1. The predicted octanol–water partition coefficient (Wildman–Crippen LogP) is 4.00. The Labute approximate surface area is 139 Å². The Balaban J connectivity index is 1.64. The first-order chi connectivity index (χ1) is 11.1. The van der Waals surface area contributed by atoms with Crippen LogP contribution in [0.5, 0.6) is 0 Å². The van der Waals surface area contributed by atoms with Gasteiger partial charge in [0.25, 0.3) is 5.91 Å². The number of carbonyl (C=O) groups is 1. The number of amides is 1. The van der Waals surface area contributed by atoms with Crippen LogP contribution in [0.25, 0.3) is 11.3 Å². The summed E-state index contributed by atoms with van der Waals surface area (Å²) in [6, 6.07) is 13.4. The Bertz CT molecular complexity index is 791. The molecule has 3 aromatic rings. The molecule has 23 heavy (non-hydrogen) atoms. The third-order valence-electron chi connectivity index (χ3n) is 3.52. The zero-order valence-corrected chi connectivity index (χ0v) is 13.9. The van der Waals surface area contributed by atoms with Crippen molar-refractivity contribution in [3.05, 3.63) is 64.5 Å². The molecular formula is C18H18N2O2S. The highest BCUT2D eigenvalue weighted by molar-refractivity contribution is 7.08. The van der Waals surface area contributed by atoms with Crippen molar-refractivity contribution >= 4 is 22.9 Å². The van der Waals surface area contributed by atoms with Gasteiger partial charge in [-0.1, -0.05) is 6.07 Å². The van der Waals surface area contributed by atoms with E-state index in [9.17, 15) is 4.79 Å². The molecule has 0 spiro atoms. The summed E-state index contributed by atoms with van der Waals surface area (Å²) in [5.41, 5.74) is 2.70. The largest absolute Gasteiger partial charge is 0.459 e. The number of thiophene rings is 1. The highest BCUT2D eigenvalue weighted by Crippen LogP contribution is 2.24. The van der Waals surface area contributed by atoms with Crippen LogP contribution in [0.4, 0.5) is 5.69 Å². The van der Waals surface area contributed by atoms with Gasteiger partial charge in [-0.05, 0) is 41.8 Å². The van der Waals surface area contributed by atoms with Crippen molar-refractivity contribution in [2.45, 2.75) is 6.54 Å². The fraction of sp³-hybridized carbons (Fsp3) is 0.167. The van der Waals surface area contributed by atoms with Gasteiger partial charge in [-0.15, -0.1) is 0 Å². The minimum Gasteiger partial charge on any atom is -0.459 e. The summed E-state index contributed by atoms with van der Waals surface area (Å²) in [6.07, 6.45) is 0. The zero-order chi connectivity index (χ0) is 16.2. The molecule has 1 N–H and O–H groups in total. The number of anilines is 1. The second-order valence-corrected chi connectivity index (χ2v) is 6.19. The summed E-state index contributed by atoms with van der Waals surface area (Å²) in [5, 5.41) is 6.94. The number of furan rings is 1. The standard InChI is InChI=1S/C18H18N2O2S/c1-20(2)15-5-3-4-13(10-15)18(21)19-11-16-6-7-17(22-16)14-8-9-23-12-14/h3-10,12H,11H2,1-2H3,(H,19,21). The summed E-state index contributed by atoms with van der Waals surface area (Å²) >= 11 is 1.63. The molecule has 0 aliphatic carbocycles. The average Bonchev–Trinajstić information content (AvgIpc) is 3.23. The van der Waals surface area contributed by atoms with Crippen LogP contribution in [0.3, 0.4) is 0 Å². The lowest BCUT2D eigenvalue weighted by Crippen LogP contribution is -2.22. The Morgan fingerprint density at radius 1 is 1.22 bits per heavy atom. The number of hydrogen-bond donors (Lipinski definition) is 1. The van der Waals surface area contributed by atoms with Gasteiger partial charge in [0.1, 0.15) is 11.5 Å². The molecule has 1 aromatic carbocycles. The first-order valence-corrected chi connectivity index (χ1v) is 8.24. The van der Waals surface area contributed by atoms with Crippen LogP contribution in [0.2, 0.25) is 0 Å². The lowest BCUT2D eigenvalue weighted by Gasteiger charge is -2.13. The summed E-state index contributed by atoms with van der Waals surface area (Å²) in [7, 11) is 3.90. The molecule has 0 aliphatic heterocycles. The predicted molar refractivity (Wildman–Crippen MR) is 94.0 cm³/mol. The fourth-order valence-corrected chi connectivity index (χ4v) is 2.87. The Kier molecular flexibility index (Phi) is 4.48. The van der Waals surface area contributed by atoms with Gasteiger partial charge < -0.3 is 14.6 Å². The molecule has 0 saturated carbocycles. The smallest absolute Gasteiger partial charge is 0.251 e. The molecule has 0 atom stereocenters. The van der Waals surface area contributed by atoms with Gasteiger partial charge in [0.2, 0.25) is 0 Å². The van der Waals surface area contributed by atoms with Crippen LogP contribution in [0.1, 0.15) is 16.1 Å². The van der Waals surface area contributed by atoms with E-state index in [0.717, 1.165) is 22.8 Å². The van der Waals surface area contributed by atoms with Gasteiger partial charge >= 0.3 is 0 Å². The van der Waals surface area contributed by atoms with E-state index < -0.39 is 0 Å². The topological polar surface area (TPSA) is 45.5 Å². The summed E-state index contributed by atoms with van der Waals surface area (Å²) in [4.78, 5) is 14.2. The molecule has 0 fully saturated rings. The highest BCUT2D eigenvalue weighted by atomic mass is 32.1. The van der Waals surface area contributed by atoms with Crippen LogP contribution < -0.4 is 10.2 Å². The molecule has 3 rings (SSSR count).